The number of para-hydroxylation sites is 1. The Kier molecular flexibility index (Phi) is 3.23. The smallest absolute Gasteiger partial charge is 0.337 e. The molecule has 0 aliphatic carbocycles. The number of hydrogen-bond acceptors (Lipinski definition) is 4. The van der Waals surface area contributed by atoms with Gasteiger partial charge in [-0.1, -0.05) is 12.1 Å². The van der Waals surface area contributed by atoms with Gasteiger partial charge < -0.3 is 10.4 Å². The SMILES string of the molecule is Cc1ncc(Nc2ccccc2C(=O)O)c(C)n1. The van der Waals surface area contributed by atoms with E-state index in [1.165, 1.54) is 0 Å². The Bertz CT molecular complexity index is 597. The van der Waals surface area contributed by atoms with Gasteiger partial charge in [-0.25, -0.2) is 14.8 Å². The van der Waals surface area contributed by atoms with E-state index in [4.69, 9.17) is 5.11 Å². The van der Waals surface area contributed by atoms with Crippen molar-refractivity contribution in [1.82, 2.24) is 9.97 Å². The monoisotopic (exact) mass is 243 g/mol. The van der Waals surface area contributed by atoms with Gasteiger partial charge in [0.1, 0.15) is 5.82 Å². The second kappa shape index (κ2) is 4.83. The number of aryl methyl sites for hydroxylation is 2. The minimum atomic E-state index is -0.969. The number of carbonyl (C=O) groups is 1. The van der Waals surface area contributed by atoms with E-state index in [1.54, 1.807) is 30.5 Å². The van der Waals surface area contributed by atoms with E-state index in [0.29, 0.717) is 17.2 Å². The lowest BCUT2D eigenvalue weighted by Crippen LogP contribution is -2.04. The summed E-state index contributed by atoms with van der Waals surface area (Å²) in [6.45, 7) is 3.66. The zero-order valence-corrected chi connectivity index (χ0v) is 10.1. The predicted octanol–water partition coefficient (Wildman–Crippen LogP) is 2.54. The minimum Gasteiger partial charge on any atom is -0.478 e. The summed E-state index contributed by atoms with van der Waals surface area (Å²) in [5.74, 6) is -0.284. The molecule has 1 aromatic heterocycles. The average molecular weight is 243 g/mol. The molecule has 2 N–H and O–H groups in total. The molecule has 0 saturated carbocycles. The van der Waals surface area contributed by atoms with Crippen LogP contribution in [0.4, 0.5) is 11.4 Å². The lowest BCUT2D eigenvalue weighted by atomic mass is 10.1. The Morgan fingerprint density at radius 2 is 1.94 bits per heavy atom. The normalized spacial score (nSPS) is 10.1. The molecule has 0 radical (unpaired) electrons. The number of benzene rings is 1. The van der Waals surface area contributed by atoms with Crippen LogP contribution in [0.3, 0.4) is 0 Å². The van der Waals surface area contributed by atoms with Crippen LogP contribution in [-0.2, 0) is 0 Å². The maximum absolute atomic E-state index is 11.1. The molecule has 0 unspecified atom stereocenters. The third kappa shape index (κ3) is 2.45. The van der Waals surface area contributed by atoms with Crippen molar-refractivity contribution in [3.63, 3.8) is 0 Å². The largest absolute Gasteiger partial charge is 0.478 e. The fraction of sp³-hybridized carbons (Fsp3) is 0.154. The number of nitrogens with one attached hydrogen (secondary N) is 1. The number of nitrogens with zero attached hydrogens (tertiary/aromatic N) is 2. The second-order valence-corrected chi connectivity index (χ2v) is 3.89. The summed E-state index contributed by atoms with van der Waals surface area (Å²) < 4.78 is 0. The van der Waals surface area contributed by atoms with Crippen molar-refractivity contribution in [3.8, 4) is 0 Å². The molecule has 2 aromatic rings. The van der Waals surface area contributed by atoms with Gasteiger partial charge in [0.2, 0.25) is 0 Å². The molecule has 0 bridgehead atoms. The van der Waals surface area contributed by atoms with E-state index >= 15 is 0 Å². The lowest BCUT2D eigenvalue weighted by Gasteiger charge is -2.11. The fourth-order valence-electron chi connectivity index (χ4n) is 1.63. The minimum absolute atomic E-state index is 0.220. The maximum Gasteiger partial charge on any atom is 0.337 e. The van der Waals surface area contributed by atoms with Gasteiger partial charge in [0, 0.05) is 0 Å². The molecule has 5 heteroatoms. The van der Waals surface area contributed by atoms with Crippen LogP contribution in [0.1, 0.15) is 21.9 Å². The van der Waals surface area contributed by atoms with Gasteiger partial charge in [-0.2, -0.15) is 0 Å². The topological polar surface area (TPSA) is 75.1 Å². The Hall–Kier alpha value is -2.43. The second-order valence-electron chi connectivity index (χ2n) is 3.89. The first-order chi connectivity index (χ1) is 8.58. The first kappa shape index (κ1) is 12.0. The van der Waals surface area contributed by atoms with Crippen molar-refractivity contribution in [3.05, 3.63) is 47.5 Å². The number of carboxylic acid groups (broad SMARTS) is 1. The molecule has 0 fully saturated rings. The number of rotatable bonds is 3. The van der Waals surface area contributed by atoms with Crippen LogP contribution in [0.15, 0.2) is 30.5 Å². The van der Waals surface area contributed by atoms with Crippen LogP contribution in [0.2, 0.25) is 0 Å². The Morgan fingerprint density at radius 3 is 2.61 bits per heavy atom. The van der Waals surface area contributed by atoms with E-state index < -0.39 is 5.97 Å². The molecule has 18 heavy (non-hydrogen) atoms. The van der Waals surface area contributed by atoms with Crippen molar-refractivity contribution in [2.75, 3.05) is 5.32 Å². The summed E-state index contributed by atoms with van der Waals surface area (Å²) in [6.07, 6.45) is 1.65. The van der Waals surface area contributed by atoms with E-state index in [0.717, 1.165) is 5.69 Å². The molecule has 1 aromatic carbocycles. The third-order valence-electron chi connectivity index (χ3n) is 2.53. The highest BCUT2D eigenvalue weighted by Gasteiger charge is 2.10. The molecule has 5 nitrogen and oxygen atoms in total. The zero-order chi connectivity index (χ0) is 13.1. The first-order valence-corrected chi connectivity index (χ1v) is 5.47. The highest BCUT2D eigenvalue weighted by Crippen LogP contribution is 2.22. The van der Waals surface area contributed by atoms with Crippen molar-refractivity contribution in [1.29, 1.82) is 0 Å². The van der Waals surface area contributed by atoms with E-state index in [9.17, 15) is 4.79 Å². The van der Waals surface area contributed by atoms with Crippen LogP contribution in [0, 0.1) is 13.8 Å². The van der Waals surface area contributed by atoms with Gasteiger partial charge in [0.15, 0.2) is 0 Å². The van der Waals surface area contributed by atoms with Gasteiger partial charge in [0.05, 0.1) is 28.8 Å². The fourth-order valence-corrected chi connectivity index (χ4v) is 1.63. The summed E-state index contributed by atoms with van der Waals surface area (Å²) in [5, 5.41) is 12.1. The highest BCUT2D eigenvalue weighted by molar-refractivity contribution is 5.95. The van der Waals surface area contributed by atoms with Crippen LogP contribution in [-0.4, -0.2) is 21.0 Å². The number of anilines is 2. The Morgan fingerprint density at radius 1 is 1.22 bits per heavy atom. The van der Waals surface area contributed by atoms with Crippen molar-refractivity contribution >= 4 is 17.3 Å². The molecule has 1 heterocycles. The molecule has 0 atom stereocenters. The molecule has 2 rings (SSSR count). The van der Waals surface area contributed by atoms with Gasteiger partial charge in [-0.3, -0.25) is 0 Å². The summed E-state index contributed by atoms with van der Waals surface area (Å²) in [5.41, 5.74) is 2.23. The maximum atomic E-state index is 11.1. The number of aromatic carboxylic acids is 1. The summed E-state index contributed by atoms with van der Waals surface area (Å²) in [7, 11) is 0. The third-order valence-corrected chi connectivity index (χ3v) is 2.53. The average Bonchev–Trinajstić information content (AvgIpc) is 2.33. The molecule has 0 spiro atoms. The predicted molar refractivity (Wildman–Crippen MR) is 68.2 cm³/mol. The van der Waals surface area contributed by atoms with Crippen LogP contribution >= 0.6 is 0 Å². The van der Waals surface area contributed by atoms with Gasteiger partial charge in [-0.05, 0) is 26.0 Å². The molecular weight excluding hydrogens is 230 g/mol. The van der Waals surface area contributed by atoms with Crippen molar-refractivity contribution < 1.29 is 9.90 Å². The standard InChI is InChI=1S/C13H13N3O2/c1-8-12(7-14-9(2)15-8)16-11-6-4-3-5-10(11)13(17)18/h3-7,16H,1-2H3,(H,17,18). The van der Waals surface area contributed by atoms with E-state index in [2.05, 4.69) is 15.3 Å². The summed E-state index contributed by atoms with van der Waals surface area (Å²) in [4.78, 5) is 19.4. The van der Waals surface area contributed by atoms with Crippen LogP contribution in [0.25, 0.3) is 0 Å². The van der Waals surface area contributed by atoms with E-state index in [-0.39, 0.29) is 5.56 Å². The molecule has 92 valence electrons. The number of aromatic nitrogens is 2. The first-order valence-electron chi connectivity index (χ1n) is 5.47. The lowest BCUT2D eigenvalue weighted by molar-refractivity contribution is 0.0698. The summed E-state index contributed by atoms with van der Waals surface area (Å²) in [6, 6.07) is 6.73. The Balaban J connectivity index is 2.37. The Labute approximate surface area is 105 Å². The van der Waals surface area contributed by atoms with Crippen molar-refractivity contribution in [2.24, 2.45) is 0 Å². The van der Waals surface area contributed by atoms with Gasteiger partial charge in [0.25, 0.3) is 0 Å². The number of hydrogen-bond donors (Lipinski definition) is 2. The quantitative estimate of drug-likeness (QED) is 0.866. The van der Waals surface area contributed by atoms with Crippen LogP contribution in [0.5, 0.6) is 0 Å². The summed E-state index contributed by atoms with van der Waals surface area (Å²) >= 11 is 0. The molecule has 0 amide bonds. The van der Waals surface area contributed by atoms with Crippen molar-refractivity contribution in [2.45, 2.75) is 13.8 Å². The molecule has 0 aliphatic heterocycles. The zero-order valence-electron chi connectivity index (χ0n) is 10.1. The van der Waals surface area contributed by atoms with Gasteiger partial charge in [-0.15, -0.1) is 0 Å². The molecule has 0 aliphatic rings. The van der Waals surface area contributed by atoms with E-state index in [1.807, 2.05) is 13.8 Å². The van der Waals surface area contributed by atoms with Gasteiger partial charge >= 0.3 is 5.97 Å². The number of carboxylic acids is 1. The molecule has 0 saturated heterocycles. The van der Waals surface area contributed by atoms with Crippen LogP contribution < -0.4 is 5.32 Å². The molecular formula is C13H13N3O2. The highest BCUT2D eigenvalue weighted by atomic mass is 16.4.